The topological polar surface area (TPSA) is 83.9 Å². The van der Waals surface area contributed by atoms with Gasteiger partial charge < -0.3 is 9.84 Å². The minimum atomic E-state index is -3.85. The molecule has 0 spiro atoms. The molecule has 1 aliphatic rings. The second kappa shape index (κ2) is 6.23. The zero-order valence-corrected chi connectivity index (χ0v) is 12.7. The van der Waals surface area contributed by atoms with Crippen LogP contribution in [0.1, 0.15) is 0 Å². The zero-order valence-electron chi connectivity index (χ0n) is 11.0. The number of ether oxygens (including phenoxy) is 1. The fraction of sp³-hybridized carbons (Fsp3) is 0.154. The molecule has 112 valence electrons. The number of sulfone groups is 1. The van der Waals surface area contributed by atoms with Gasteiger partial charge in [0.1, 0.15) is 5.75 Å². The molecule has 1 unspecified atom stereocenters. The van der Waals surface area contributed by atoms with E-state index in [-0.39, 0.29) is 4.90 Å². The molecular formula is C13H13NO5S2. The highest BCUT2D eigenvalue weighted by atomic mass is 32.3. The smallest absolute Gasteiger partial charge is 0.413 e. The summed E-state index contributed by atoms with van der Waals surface area (Å²) >= 11 is 0.915. The number of carboxylic acid groups (broad SMARTS) is 1. The van der Waals surface area contributed by atoms with Gasteiger partial charge in [0.2, 0.25) is 9.84 Å². The molecule has 8 heteroatoms. The normalized spacial score (nSPS) is 18.3. The van der Waals surface area contributed by atoms with Crippen molar-refractivity contribution in [1.29, 1.82) is 0 Å². The minimum absolute atomic E-state index is 0.0377. The molecule has 0 radical (unpaired) electrons. The van der Waals surface area contributed by atoms with Gasteiger partial charge in [-0.15, -0.1) is 0 Å². The standard InChI is InChI=1S/C13H13NO5S2/c1-19-10-4-6-11(7-5-10)21(17,18)13-14(12(15)16)8-2-3-9-20-13/h2-9,13H,1H3,(H,15,16). The van der Waals surface area contributed by atoms with Crippen LogP contribution >= 0.6 is 11.8 Å². The lowest BCUT2D eigenvalue weighted by Gasteiger charge is -2.23. The SMILES string of the molecule is COc1ccc(S(=O)(=O)C2SC=CC=CN2C(=O)O)cc1. The monoisotopic (exact) mass is 327 g/mol. The first-order chi connectivity index (χ1) is 9.96. The highest BCUT2D eigenvalue weighted by molar-refractivity contribution is 8.15. The van der Waals surface area contributed by atoms with E-state index < -0.39 is 20.6 Å². The van der Waals surface area contributed by atoms with E-state index in [0.29, 0.717) is 5.75 Å². The molecule has 0 aliphatic carbocycles. The summed E-state index contributed by atoms with van der Waals surface area (Å²) in [5, 5.41) is 10.7. The summed E-state index contributed by atoms with van der Waals surface area (Å²) in [6.07, 6.45) is 2.96. The molecule has 1 aromatic rings. The minimum Gasteiger partial charge on any atom is -0.497 e. The second-order valence-corrected chi connectivity index (χ2v) is 7.32. The van der Waals surface area contributed by atoms with Crippen LogP contribution in [0.25, 0.3) is 0 Å². The summed E-state index contributed by atoms with van der Waals surface area (Å²) in [5.74, 6) is 0.525. The van der Waals surface area contributed by atoms with Crippen molar-refractivity contribution >= 4 is 27.7 Å². The average molecular weight is 327 g/mol. The quantitative estimate of drug-likeness (QED) is 0.918. The Kier molecular flexibility index (Phi) is 4.59. The molecule has 1 atom stereocenters. The highest BCUT2D eigenvalue weighted by Gasteiger charge is 2.35. The third kappa shape index (κ3) is 3.22. The van der Waals surface area contributed by atoms with E-state index in [1.807, 2.05) is 0 Å². The van der Waals surface area contributed by atoms with Crippen molar-refractivity contribution in [2.75, 3.05) is 7.11 Å². The Morgan fingerprint density at radius 1 is 1.29 bits per heavy atom. The second-order valence-electron chi connectivity index (χ2n) is 4.02. The summed E-state index contributed by atoms with van der Waals surface area (Å²) in [6.45, 7) is 0. The van der Waals surface area contributed by atoms with Crippen molar-refractivity contribution in [1.82, 2.24) is 4.90 Å². The Balaban J connectivity index is 2.42. The van der Waals surface area contributed by atoms with Crippen molar-refractivity contribution < 1.29 is 23.1 Å². The van der Waals surface area contributed by atoms with Crippen LogP contribution in [0.3, 0.4) is 0 Å². The molecule has 0 saturated carbocycles. The molecule has 2 rings (SSSR count). The van der Waals surface area contributed by atoms with Gasteiger partial charge >= 0.3 is 6.09 Å². The Bertz CT molecular complexity index is 679. The van der Waals surface area contributed by atoms with Crippen LogP contribution in [0.5, 0.6) is 5.75 Å². The Morgan fingerprint density at radius 2 is 1.95 bits per heavy atom. The fourth-order valence-corrected chi connectivity index (χ4v) is 4.62. The van der Waals surface area contributed by atoms with Crippen LogP contribution < -0.4 is 4.74 Å². The molecule has 1 N–H and O–H groups in total. The number of rotatable bonds is 3. The van der Waals surface area contributed by atoms with Crippen molar-refractivity contribution in [3.05, 3.63) is 48.0 Å². The highest BCUT2D eigenvalue weighted by Crippen LogP contribution is 2.31. The van der Waals surface area contributed by atoms with Gasteiger partial charge in [-0.1, -0.05) is 17.8 Å². The largest absolute Gasteiger partial charge is 0.497 e. The van der Waals surface area contributed by atoms with E-state index in [9.17, 15) is 18.3 Å². The lowest BCUT2D eigenvalue weighted by molar-refractivity contribution is 0.166. The van der Waals surface area contributed by atoms with Gasteiger partial charge in [0.05, 0.1) is 12.0 Å². The number of hydrogen-bond acceptors (Lipinski definition) is 5. The molecule has 1 heterocycles. The first-order valence-corrected chi connectivity index (χ1v) is 8.34. The molecule has 0 saturated heterocycles. The lowest BCUT2D eigenvalue weighted by atomic mass is 10.3. The number of allylic oxidation sites excluding steroid dienone is 2. The van der Waals surface area contributed by atoms with Crippen LogP contribution in [0, 0.1) is 0 Å². The van der Waals surface area contributed by atoms with Crippen molar-refractivity contribution in [3.63, 3.8) is 0 Å². The van der Waals surface area contributed by atoms with E-state index in [0.717, 1.165) is 16.7 Å². The molecular weight excluding hydrogens is 314 g/mol. The summed E-state index contributed by atoms with van der Waals surface area (Å²) in [6, 6.07) is 5.83. The van der Waals surface area contributed by atoms with Crippen LogP contribution in [0.2, 0.25) is 0 Å². The fourth-order valence-electron chi connectivity index (χ4n) is 1.69. The van der Waals surface area contributed by atoms with Crippen molar-refractivity contribution in [2.24, 2.45) is 0 Å². The van der Waals surface area contributed by atoms with E-state index >= 15 is 0 Å². The maximum atomic E-state index is 12.6. The maximum absolute atomic E-state index is 12.6. The van der Waals surface area contributed by atoms with Gasteiger partial charge in [0.15, 0.2) is 4.71 Å². The van der Waals surface area contributed by atoms with E-state index in [2.05, 4.69) is 0 Å². The summed E-state index contributed by atoms with van der Waals surface area (Å²) in [5.41, 5.74) is 0. The predicted molar refractivity (Wildman–Crippen MR) is 79.7 cm³/mol. The number of methoxy groups -OCH3 is 1. The molecule has 0 fully saturated rings. The van der Waals surface area contributed by atoms with Gasteiger partial charge in [-0.25, -0.2) is 13.2 Å². The van der Waals surface area contributed by atoms with Crippen LogP contribution in [0.4, 0.5) is 4.79 Å². The van der Waals surface area contributed by atoms with Gasteiger partial charge in [-0.2, -0.15) is 0 Å². The molecule has 6 nitrogen and oxygen atoms in total. The number of nitrogens with zero attached hydrogens (tertiary/aromatic N) is 1. The molecule has 1 aromatic carbocycles. The summed E-state index contributed by atoms with van der Waals surface area (Å²) in [4.78, 5) is 12.1. The van der Waals surface area contributed by atoms with Gasteiger partial charge in [-0.05, 0) is 35.7 Å². The molecule has 21 heavy (non-hydrogen) atoms. The third-order valence-electron chi connectivity index (χ3n) is 2.73. The zero-order chi connectivity index (χ0) is 15.5. The number of carbonyl (C=O) groups is 1. The van der Waals surface area contributed by atoms with Crippen LogP contribution in [-0.2, 0) is 9.84 Å². The van der Waals surface area contributed by atoms with Crippen molar-refractivity contribution in [2.45, 2.75) is 9.60 Å². The first kappa shape index (κ1) is 15.5. The Labute approximate surface area is 126 Å². The first-order valence-electron chi connectivity index (χ1n) is 5.85. The molecule has 1 amide bonds. The van der Waals surface area contributed by atoms with E-state index in [1.165, 1.54) is 43.7 Å². The number of benzene rings is 1. The molecule has 1 aliphatic heterocycles. The van der Waals surface area contributed by atoms with Gasteiger partial charge in [0.25, 0.3) is 0 Å². The average Bonchev–Trinajstić information content (AvgIpc) is 2.73. The summed E-state index contributed by atoms with van der Waals surface area (Å²) < 4.78 is 29.0. The molecule has 0 aromatic heterocycles. The van der Waals surface area contributed by atoms with Crippen molar-refractivity contribution in [3.8, 4) is 5.75 Å². The summed E-state index contributed by atoms with van der Waals surface area (Å²) in [7, 11) is -2.38. The maximum Gasteiger partial charge on any atom is 0.413 e. The van der Waals surface area contributed by atoms with E-state index in [4.69, 9.17) is 4.74 Å². The predicted octanol–water partition coefficient (Wildman–Crippen LogP) is 2.51. The number of thioether (sulfide) groups is 1. The van der Waals surface area contributed by atoms with Crippen LogP contribution in [-0.4, -0.2) is 36.3 Å². The third-order valence-corrected chi connectivity index (χ3v) is 6.29. The number of amides is 1. The van der Waals surface area contributed by atoms with Gasteiger partial charge in [-0.3, -0.25) is 4.90 Å². The lowest BCUT2D eigenvalue weighted by Crippen LogP contribution is -2.38. The number of hydrogen-bond donors (Lipinski definition) is 1. The molecule has 0 bridgehead atoms. The van der Waals surface area contributed by atoms with Gasteiger partial charge in [0, 0.05) is 6.20 Å². The van der Waals surface area contributed by atoms with Crippen LogP contribution in [0.15, 0.2) is 52.9 Å². The Morgan fingerprint density at radius 3 is 2.52 bits per heavy atom. The Hall–Kier alpha value is -1.93. The van der Waals surface area contributed by atoms with E-state index in [1.54, 1.807) is 11.5 Å².